The predicted molar refractivity (Wildman–Crippen MR) is 72.9 cm³/mol. The molecule has 108 valence electrons. The molecule has 1 amide bonds. The Morgan fingerprint density at radius 3 is 2.68 bits per heavy atom. The summed E-state index contributed by atoms with van der Waals surface area (Å²) in [6.45, 7) is 10.1. The molecule has 6 heteroatoms. The summed E-state index contributed by atoms with van der Waals surface area (Å²) >= 11 is 0. The van der Waals surface area contributed by atoms with E-state index >= 15 is 0 Å². The summed E-state index contributed by atoms with van der Waals surface area (Å²) in [4.78, 5) is 14.0. The molecule has 1 heterocycles. The Morgan fingerprint density at radius 2 is 2.26 bits per heavy atom. The first-order chi connectivity index (χ1) is 8.73. The van der Waals surface area contributed by atoms with Gasteiger partial charge in [-0.15, -0.1) is 0 Å². The number of aromatic nitrogens is 1. The molecule has 6 nitrogen and oxygen atoms in total. The van der Waals surface area contributed by atoms with Gasteiger partial charge >= 0.3 is 0 Å². The van der Waals surface area contributed by atoms with Crippen molar-refractivity contribution >= 4 is 11.8 Å². The smallest absolute Gasteiger partial charge is 0.243 e. The van der Waals surface area contributed by atoms with E-state index in [0.717, 1.165) is 0 Å². The fourth-order valence-corrected chi connectivity index (χ4v) is 1.83. The summed E-state index contributed by atoms with van der Waals surface area (Å²) in [7, 11) is 0. The Morgan fingerprint density at radius 1 is 1.63 bits per heavy atom. The van der Waals surface area contributed by atoms with E-state index in [0.29, 0.717) is 24.7 Å². The molecule has 0 saturated heterocycles. The Hall–Kier alpha value is -1.40. The number of rotatable bonds is 6. The highest BCUT2D eigenvalue weighted by Gasteiger charge is 2.26. The zero-order valence-corrected chi connectivity index (χ0v) is 12.2. The lowest BCUT2D eigenvalue weighted by Crippen LogP contribution is -2.48. The standard InChI is InChI=1S/C13H23N3O3/c1-6-16(8-13(4,5)18)10(3)12(17)14-11-7-9(2)15-19-11/h7,10,18H,6,8H2,1-5H3,(H,14,17). The van der Waals surface area contributed by atoms with E-state index in [9.17, 15) is 9.90 Å². The van der Waals surface area contributed by atoms with E-state index in [1.165, 1.54) is 0 Å². The molecule has 0 aromatic carbocycles. The minimum atomic E-state index is -0.840. The summed E-state index contributed by atoms with van der Waals surface area (Å²) in [5, 5.41) is 16.2. The Balaban J connectivity index is 2.64. The lowest BCUT2D eigenvalue weighted by Gasteiger charge is -2.31. The number of carbonyl (C=O) groups is 1. The van der Waals surface area contributed by atoms with Gasteiger partial charge in [-0.25, -0.2) is 0 Å². The summed E-state index contributed by atoms with van der Waals surface area (Å²) in [5.41, 5.74) is -0.125. The number of anilines is 1. The average molecular weight is 269 g/mol. The Labute approximate surface area is 113 Å². The van der Waals surface area contributed by atoms with Crippen molar-refractivity contribution < 1.29 is 14.4 Å². The molecule has 0 aliphatic heterocycles. The van der Waals surface area contributed by atoms with Crippen LogP contribution in [0.2, 0.25) is 0 Å². The van der Waals surface area contributed by atoms with Crippen LogP contribution in [-0.2, 0) is 4.79 Å². The van der Waals surface area contributed by atoms with Crippen LogP contribution in [0.5, 0.6) is 0 Å². The third-order valence-corrected chi connectivity index (χ3v) is 2.80. The van der Waals surface area contributed by atoms with Crippen LogP contribution in [0.25, 0.3) is 0 Å². The first kappa shape index (κ1) is 15.7. The SMILES string of the molecule is CCN(CC(C)(C)O)C(C)C(=O)Nc1cc(C)no1. The minimum Gasteiger partial charge on any atom is -0.389 e. The fourth-order valence-electron chi connectivity index (χ4n) is 1.83. The maximum Gasteiger partial charge on any atom is 0.243 e. The van der Waals surface area contributed by atoms with Crippen molar-refractivity contribution in [2.75, 3.05) is 18.4 Å². The third kappa shape index (κ3) is 5.00. The van der Waals surface area contributed by atoms with Crippen LogP contribution in [0.1, 0.15) is 33.4 Å². The fraction of sp³-hybridized carbons (Fsp3) is 0.692. The first-order valence-corrected chi connectivity index (χ1v) is 6.43. The minimum absolute atomic E-state index is 0.178. The Bertz CT molecular complexity index is 423. The molecule has 0 aliphatic rings. The highest BCUT2D eigenvalue weighted by atomic mass is 16.5. The van der Waals surface area contributed by atoms with Crippen molar-refractivity contribution in [2.45, 2.75) is 46.3 Å². The van der Waals surface area contributed by atoms with Gasteiger partial charge in [0.2, 0.25) is 11.8 Å². The van der Waals surface area contributed by atoms with E-state index in [1.807, 2.05) is 11.8 Å². The molecule has 0 spiro atoms. The maximum atomic E-state index is 12.1. The number of aryl methyl sites for hydroxylation is 1. The van der Waals surface area contributed by atoms with Crippen molar-refractivity contribution in [1.29, 1.82) is 0 Å². The summed E-state index contributed by atoms with van der Waals surface area (Å²) in [5.74, 6) is 0.163. The van der Waals surface area contributed by atoms with Crippen LogP contribution in [0.15, 0.2) is 10.6 Å². The van der Waals surface area contributed by atoms with Gasteiger partial charge in [-0.05, 0) is 34.2 Å². The molecule has 1 aromatic heterocycles. The number of nitrogens with one attached hydrogen (secondary N) is 1. The van der Waals surface area contributed by atoms with Crippen LogP contribution >= 0.6 is 0 Å². The molecule has 0 bridgehead atoms. The zero-order valence-electron chi connectivity index (χ0n) is 12.2. The highest BCUT2D eigenvalue weighted by molar-refractivity contribution is 5.93. The molecule has 0 radical (unpaired) electrons. The van der Waals surface area contributed by atoms with E-state index in [4.69, 9.17) is 4.52 Å². The van der Waals surface area contributed by atoms with Gasteiger partial charge in [-0.1, -0.05) is 12.1 Å². The number of aliphatic hydroxyl groups is 1. The Kier molecular flexibility index (Phi) is 5.08. The maximum absolute atomic E-state index is 12.1. The molecule has 1 atom stereocenters. The molecule has 19 heavy (non-hydrogen) atoms. The molecule has 1 unspecified atom stereocenters. The predicted octanol–water partition coefficient (Wildman–Crippen LogP) is 1.40. The number of amides is 1. The second kappa shape index (κ2) is 6.16. The second-order valence-corrected chi connectivity index (χ2v) is 5.37. The van der Waals surface area contributed by atoms with Gasteiger partial charge in [0.25, 0.3) is 0 Å². The van der Waals surface area contributed by atoms with E-state index < -0.39 is 5.60 Å². The number of hydrogen-bond donors (Lipinski definition) is 2. The summed E-state index contributed by atoms with van der Waals surface area (Å²) < 4.78 is 4.95. The van der Waals surface area contributed by atoms with E-state index in [2.05, 4.69) is 10.5 Å². The monoisotopic (exact) mass is 269 g/mol. The normalized spacial score (nSPS) is 13.6. The van der Waals surface area contributed by atoms with E-state index in [1.54, 1.807) is 33.8 Å². The lowest BCUT2D eigenvalue weighted by molar-refractivity contribution is -0.121. The highest BCUT2D eigenvalue weighted by Crippen LogP contribution is 2.12. The number of nitrogens with zero attached hydrogens (tertiary/aromatic N) is 2. The van der Waals surface area contributed by atoms with Crippen molar-refractivity contribution in [1.82, 2.24) is 10.1 Å². The van der Waals surface area contributed by atoms with Crippen LogP contribution in [0, 0.1) is 6.92 Å². The zero-order chi connectivity index (χ0) is 14.6. The van der Waals surface area contributed by atoms with Gasteiger partial charge in [0.1, 0.15) is 0 Å². The average Bonchev–Trinajstić information content (AvgIpc) is 2.69. The molecule has 1 aromatic rings. The summed E-state index contributed by atoms with van der Waals surface area (Å²) in [6.07, 6.45) is 0. The quantitative estimate of drug-likeness (QED) is 0.816. The molecule has 2 N–H and O–H groups in total. The number of likely N-dealkylation sites (N-methyl/N-ethyl adjacent to an activating group) is 1. The molecular weight excluding hydrogens is 246 g/mol. The third-order valence-electron chi connectivity index (χ3n) is 2.80. The van der Waals surface area contributed by atoms with Crippen LogP contribution < -0.4 is 5.32 Å². The van der Waals surface area contributed by atoms with Gasteiger partial charge in [0.05, 0.1) is 17.3 Å². The molecule has 0 fully saturated rings. The molecular formula is C13H23N3O3. The lowest BCUT2D eigenvalue weighted by atomic mass is 10.1. The van der Waals surface area contributed by atoms with Crippen molar-refractivity contribution in [2.24, 2.45) is 0 Å². The van der Waals surface area contributed by atoms with Crippen LogP contribution in [-0.4, -0.2) is 45.8 Å². The van der Waals surface area contributed by atoms with E-state index in [-0.39, 0.29) is 11.9 Å². The topological polar surface area (TPSA) is 78.6 Å². The van der Waals surface area contributed by atoms with Gasteiger partial charge in [-0.2, -0.15) is 0 Å². The molecule has 1 rings (SSSR count). The van der Waals surface area contributed by atoms with Gasteiger partial charge in [-0.3, -0.25) is 15.0 Å². The van der Waals surface area contributed by atoms with Crippen molar-refractivity contribution in [3.63, 3.8) is 0 Å². The number of hydrogen-bond acceptors (Lipinski definition) is 5. The van der Waals surface area contributed by atoms with Gasteiger partial charge in [0.15, 0.2) is 0 Å². The molecule has 0 aliphatic carbocycles. The van der Waals surface area contributed by atoms with Gasteiger partial charge < -0.3 is 9.63 Å². The number of carbonyl (C=O) groups excluding carboxylic acids is 1. The van der Waals surface area contributed by atoms with Crippen LogP contribution in [0.3, 0.4) is 0 Å². The van der Waals surface area contributed by atoms with Crippen LogP contribution in [0.4, 0.5) is 5.88 Å². The van der Waals surface area contributed by atoms with Crippen molar-refractivity contribution in [3.05, 3.63) is 11.8 Å². The largest absolute Gasteiger partial charge is 0.389 e. The first-order valence-electron chi connectivity index (χ1n) is 6.43. The van der Waals surface area contributed by atoms with Crippen molar-refractivity contribution in [3.8, 4) is 0 Å². The second-order valence-electron chi connectivity index (χ2n) is 5.37. The van der Waals surface area contributed by atoms with Gasteiger partial charge in [0, 0.05) is 12.6 Å². The molecule has 0 saturated carbocycles. The summed E-state index contributed by atoms with van der Waals surface area (Å²) in [6, 6.07) is 1.30.